The van der Waals surface area contributed by atoms with Crippen molar-refractivity contribution < 1.29 is 5.11 Å². The lowest BCUT2D eigenvalue weighted by molar-refractivity contribution is 0.0572. The van der Waals surface area contributed by atoms with E-state index in [0.717, 1.165) is 48.5 Å². The quantitative estimate of drug-likeness (QED) is 0.793. The van der Waals surface area contributed by atoms with Gasteiger partial charge in [-0.2, -0.15) is 0 Å². The van der Waals surface area contributed by atoms with Crippen LogP contribution in [0.1, 0.15) is 77.0 Å². The first kappa shape index (κ1) is 16.8. The van der Waals surface area contributed by atoms with Crippen molar-refractivity contribution in [2.45, 2.75) is 77.0 Å². The Morgan fingerprint density at radius 1 is 0.636 bits per heavy atom. The van der Waals surface area contributed by atoms with Crippen molar-refractivity contribution in [3.05, 3.63) is 0 Å². The number of nitrogens with two attached hydrogens (primary N) is 1. The van der Waals surface area contributed by atoms with Crippen molar-refractivity contribution in [1.82, 2.24) is 0 Å². The van der Waals surface area contributed by atoms with Crippen molar-refractivity contribution in [2.24, 2.45) is 41.2 Å². The number of fused-ring (bicyclic) bond motifs is 1. The molecule has 128 valence electrons. The van der Waals surface area contributed by atoms with Crippen LogP contribution in [0.15, 0.2) is 0 Å². The minimum atomic E-state index is 0.395. The maximum Gasteiger partial charge on any atom is 0.0433 e. The Morgan fingerprint density at radius 2 is 1.18 bits per heavy atom. The van der Waals surface area contributed by atoms with Crippen LogP contribution in [0.25, 0.3) is 0 Å². The molecule has 0 aromatic heterocycles. The molecule has 2 heteroatoms. The van der Waals surface area contributed by atoms with Crippen molar-refractivity contribution in [1.29, 1.82) is 0 Å². The molecule has 22 heavy (non-hydrogen) atoms. The van der Waals surface area contributed by atoms with E-state index in [0.29, 0.717) is 6.61 Å². The smallest absolute Gasteiger partial charge is 0.0433 e. The molecule has 3 saturated carbocycles. The molecule has 3 fully saturated rings. The van der Waals surface area contributed by atoms with Gasteiger partial charge in [0.15, 0.2) is 0 Å². The van der Waals surface area contributed by atoms with Gasteiger partial charge in [-0.1, -0.05) is 19.3 Å². The summed E-state index contributed by atoms with van der Waals surface area (Å²) in [6.45, 7) is 1.29. The van der Waals surface area contributed by atoms with E-state index in [1.54, 1.807) is 0 Å². The van der Waals surface area contributed by atoms with E-state index in [2.05, 4.69) is 0 Å². The number of hydrogen-bond acceptors (Lipinski definition) is 2. The van der Waals surface area contributed by atoms with Crippen molar-refractivity contribution in [3.8, 4) is 0 Å². The van der Waals surface area contributed by atoms with Crippen molar-refractivity contribution in [2.75, 3.05) is 13.2 Å². The fourth-order valence-electron chi connectivity index (χ4n) is 6.08. The first-order valence-corrected chi connectivity index (χ1v) is 10.1. The van der Waals surface area contributed by atoms with Crippen LogP contribution in [0.2, 0.25) is 0 Å². The van der Waals surface area contributed by atoms with Gasteiger partial charge in [0.2, 0.25) is 0 Å². The summed E-state index contributed by atoms with van der Waals surface area (Å²) in [6, 6.07) is 0. The standard InChI is InChI=1S/C20H37NO/c21-11-9-16-3-6-20-14-19(8-7-18(20)13-16)17-4-1-15(2-5-17)10-12-22/h15-20,22H,1-14,21H2/t15?,16?,17?,18?,19-,20?/m0/s1. The monoisotopic (exact) mass is 307 g/mol. The molecule has 0 heterocycles. The molecule has 3 rings (SSSR count). The van der Waals surface area contributed by atoms with Crippen LogP contribution < -0.4 is 5.73 Å². The van der Waals surface area contributed by atoms with E-state index in [1.807, 2.05) is 0 Å². The Labute approximate surface area is 137 Å². The van der Waals surface area contributed by atoms with Crippen LogP contribution >= 0.6 is 0 Å². The van der Waals surface area contributed by atoms with E-state index in [4.69, 9.17) is 10.8 Å². The zero-order valence-electron chi connectivity index (χ0n) is 14.4. The highest BCUT2D eigenvalue weighted by Gasteiger charge is 2.38. The highest BCUT2D eigenvalue weighted by molar-refractivity contribution is 4.89. The normalized spacial score (nSPS) is 42.8. The summed E-state index contributed by atoms with van der Waals surface area (Å²) in [5.41, 5.74) is 5.76. The van der Waals surface area contributed by atoms with Crippen molar-refractivity contribution in [3.63, 3.8) is 0 Å². The molecule has 3 aliphatic carbocycles. The topological polar surface area (TPSA) is 46.2 Å². The third-order valence-corrected chi connectivity index (χ3v) is 7.43. The Morgan fingerprint density at radius 3 is 1.86 bits per heavy atom. The predicted octanol–water partition coefficient (Wildman–Crippen LogP) is 4.36. The van der Waals surface area contributed by atoms with Gasteiger partial charge in [-0.25, -0.2) is 0 Å². The molecule has 0 aromatic carbocycles. The summed E-state index contributed by atoms with van der Waals surface area (Å²) in [6.07, 6.45) is 17.0. The number of aliphatic hydroxyl groups is 1. The van der Waals surface area contributed by atoms with E-state index in [9.17, 15) is 0 Å². The van der Waals surface area contributed by atoms with Crippen LogP contribution in [-0.4, -0.2) is 18.3 Å². The molecule has 2 nitrogen and oxygen atoms in total. The molecule has 0 amide bonds. The Bertz CT molecular complexity index is 321. The average molecular weight is 308 g/mol. The lowest BCUT2D eigenvalue weighted by atomic mass is 9.60. The summed E-state index contributed by atoms with van der Waals surface area (Å²) < 4.78 is 0. The fourth-order valence-corrected chi connectivity index (χ4v) is 6.08. The fraction of sp³-hybridized carbons (Fsp3) is 1.00. The van der Waals surface area contributed by atoms with Crippen LogP contribution in [0, 0.1) is 35.5 Å². The van der Waals surface area contributed by atoms with Gasteiger partial charge in [0.1, 0.15) is 0 Å². The maximum atomic E-state index is 9.11. The zero-order chi connectivity index (χ0) is 15.4. The zero-order valence-corrected chi connectivity index (χ0v) is 14.4. The second-order valence-electron chi connectivity index (χ2n) is 8.64. The molecule has 3 aliphatic rings. The van der Waals surface area contributed by atoms with Crippen LogP contribution in [0.3, 0.4) is 0 Å². The first-order chi connectivity index (χ1) is 10.8. The lowest BCUT2D eigenvalue weighted by Gasteiger charge is -2.45. The van der Waals surface area contributed by atoms with E-state index in [-0.39, 0.29) is 0 Å². The van der Waals surface area contributed by atoms with Crippen molar-refractivity contribution >= 4 is 0 Å². The van der Waals surface area contributed by atoms with Gasteiger partial charge < -0.3 is 10.8 Å². The van der Waals surface area contributed by atoms with Gasteiger partial charge >= 0.3 is 0 Å². The van der Waals surface area contributed by atoms with Crippen LogP contribution in [0.5, 0.6) is 0 Å². The highest BCUT2D eigenvalue weighted by Crippen LogP contribution is 2.49. The summed E-state index contributed by atoms with van der Waals surface area (Å²) in [7, 11) is 0. The minimum absolute atomic E-state index is 0.395. The molecule has 0 aliphatic heterocycles. The molecule has 4 atom stereocenters. The minimum Gasteiger partial charge on any atom is -0.396 e. The summed E-state index contributed by atoms with van der Waals surface area (Å²) in [5.74, 6) is 5.89. The van der Waals surface area contributed by atoms with Crippen LogP contribution in [0.4, 0.5) is 0 Å². The molecule has 0 aromatic rings. The third-order valence-electron chi connectivity index (χ3n) is 7.43. The summed E-state index contributed by atoms with van der Waals surface area (Å²) in [4.78, 5) is 0. The largest absolute Gasteiger partial charge is 0.396 e. The molecular formula is C20H37NO. The summed E-state index contributed by atoms with van der Waals surface area (Å²) >= 11 is 0. The highest BCUT2D eigenvalue weighted by atomic mass is 16.3. The van der Waals surface area contributed by atoms with E-state index < -0.39 is 0 Å². The molecular weight excluding hydrogens is 270 g/mol. The second kappa shape index (κ2) is 8.15. The molecule has 0 bridgehead atoms. The summed E-state index contributed by atoms with van der Waals surface area (Å²) in [5, 5.41) is 9.11. The SMILES string of the molecule is NCCC1CCC2C[C@@H](C3CCC(CCO)CC3)CCC2C1. The van der Waals surface area contributed by atoms with Gasteiger partial charge in [-0.15, -0.1) is 0 Å². The average Bonchev–Trinajstić information content (AvgIpc) is 2.56. The van der Waals surface area contributed by atoms with Gasteiger partial charge in [0, 0.05) is 6.61 Å². The van der Waals surface area contributed by atoms with Gasteiger partial charge in [-0.05, 0) is 99.8 Å². The Kier molecular flexibility index (Phi) is 6.21. The third kappa shape index (κ3) is 4.06. The van der Waals surface area contributed by atoms with Gasteiger partial charge in [-0.3, -0.25) is 0 Å². The molecule has 0 saturated heterocycles. The number of aliphatic hydroxyl groups excluding tert-OH is 1. The maximum absolute atomic E-state index is 9.11. The molecule has 3 N–H and O–H groups in total. The molecule has 3 unspecified atom stereocenters. The number of hydrogen-bond donors (Lipinski definition) is 2. The van der Waals surface area contributed by atoms with Gasteiger partial charge in [0.25, 0.3) is 0 Å². The van der Waals surface area contributed by atoms with E-state index in [1.165, 1.54) is 70.6 Å². The second-order valence-corrected chi connectivity index (χ2v) is 8.64. The molecule has 0 radical (unpaired) electrons. The Hall–Kier alpha value is -0.0800. The lowest BCUT2D eigenvalue weighted by Crippen LogP contribution is -2.35. The Balaban J connectivity index is 1.45. The van der Waals surface area contributed by atoms with Gasteiger partial charge in [0.05, 0.1) is 0 Å². The van der Waals surface area contributed by atoms with E-state index >= 15 is 0 Å². The predicted molar refractivity (Wildman–Crippen MR) is 92.5 cm³/mol. The number of rotatable bonds is 5. The van der Waals surface area contributed by atoms with Crippen LogP contribution in [-0.2, 0) is 0 Å². The first-order valence-electron chi connectivity index (χ1n) is 10.1. The molecule has 0 spiro atoms.